The number of ether oxygens (including phenoxy) is 1. The van der Waals surface area contributed by atoms with E-state index in [1.54, 1.807) is 36.4 Å². The molecule has 0 fully saturated rings. The molecule has 5 heteroatoms. The summed E-state index contributed by atoms with van der Waals surface area (Å²) in [4.78, 5) is 27.1. The zero-order valence-corrected chi connectivity index (χ0v) is 23.6. The van der Waals surface area contributed by atoms with Crippen LogP contribution in [0.15, 0.2) is 78.9 Å². The van der Waals surface area contributed by atoms with Crippen molar-refractivity contribution < 1.29 is 19.4 Å². The minimum absolute atomic E-state index is 0.0880. The van der Waals surface area contributed by atoms with Crippen molar-refractivity contribution in [1.29, 1.82) is 0 Å². The van der Waals surface area contributed by atoms with Crippen molar-refractivity contribution in [3.63, 3.8) is 0 Å². The van der Waals surface area contributed by atoms with Gasteiger partial charge in [-0.1, -0.05) is 63.2 Å². The van der Waals surface area contributed by atoms with Crippen LogP contribution < -0.4 is 9.64 Å². The second kappa shape index (κ2) is 13.6. The van der Waals surface area contributed by atoms with E-state index >= 15 is 0 Å². The Balaban J connectivity index is 1.72. The first-order chi connectivity index (χ1) is 18.6. The highest BCUT2D eigenvalue weighted by molar-refractivity contribution is 6.11. The second-order valence-corrected chi connectivity index (χ2v) is 10.5. The first-order valence-corrected chi connectivity index (χ1v) is 13.4. The van der Waals surface area contributed by atoms with Gasteiger partial charge in [-0.15, -0.1) is 0 Å². The first-order valence-electron chi connectivity index (χ1n) is 13.4. The van der Waals surface area contributed by atoms with E-state index in [-0.39, 0.29) is 29.2 Å². The quantitative estimate of drug-likeness (QED) is 0.198. The fourth-order valence-electron chi connectivity index (χ4n) is 4.08. The summed E-state index contributed by atoms with van der Waals surface area (Å²) in [6.45, 7) is 12.9. The highest BCUT2D eigenvalue weighted by Gasteiger charge is 2.13. The minimum Gasteiger partial charge on any atom is -0.508 e. The Morgan fingerprint density at radius 1 is 0.846 bits per heavy atom. The Morgan fingerprint density at radius 3 is 2.05 bits per heavy atom. The van der Waals surface area contributed by atoms with E-state index in [0.29, 0.717) is 12.4 Å². The van der Waals surface area contributed by atoms with Crippen LogP contribution in [-0.4, -0.2) is 29.8 Å². The summed E-state index contributed by atoms with van der Waals surface area (Å²) < 4.78 is 6.25. The predicted molar refractivity (Wildman–Crippen MR) is 160 cm³/mol. The summed E-state index contributed by atoms with van der Waals surface area (Å²) in [7, 11) is 0. The molecule has 39 heavy (non-hydrogen) atoms. The number of carbonyl (C=O) groups is 2. The van der Waals surface area contributed by atoms with E-state index in [2.05, 4.69) is 63.8 Å². The van der Waals surface area contributed by atoms with Crippen molar-refractivity contribution in [3.8, 4) is 11.5 Å². The Bertz CT molecular complexity index is 1310. The molecule has 0 unspecified atom stereocenters. The Hall–Kier alpha value is -4.12. The number of anilines is 1. The fraction of sp³-hybridized carbons (Fsp3) is 0.294. The summed E-state index contributed by atoms with van der Waals surface area (Å²) in [6.07, 6.45) is 5.94. The highest BCUT2D eigenvalue weighted by Crippen LogP contribution is 2.29. The summed E-state index contributed by atoms with van der Waals surface area (Å²) in [5, 5.41) is 9.37. The van der Waals surface area contributed by atoms with Crippen molar-refractivity contribution >= 4 is 29.4 Å². The molecule has 0 atom stereocenters. The van der Waals surface area contributed by atoms with Gasteiger partial charge in [0, 0.05) is 30.4 Å². The fourth-order valence-corrected chi connectivity index (χ4v) is 4.08. The van der Waals surface area contributed by atoms with Crippen LogP contribution in [0.5, 0.6) is 11.5 Å². The third-order valence-electron chi connectivity index (χ3n) is 6.49. The molecule has 0 aliphatic carbocycles. The second-order valence-electron chi connectivity index (χ2n) is 10.5. The summed E-state index contributed by atoms with van der Waals surface area (Å²) in [5.41, 5.74) is 5.02. The number of rotatable bonds is 12. The van der Waals surface area contributed by atoms with Crippen molar-refractivity contribution in [2.75, 3.05) is 18.0 Å². The Morgan fingerprint density at radius 2 is 1.46 bits per heavy atom. The summed E-state index contributed by atoms with van der Waals surface area (Å²) in [6, 6.07) is 20.9. The average molecular weight is 526 g/mol. The minimum atomic E-state index is -0.287. The molecule has 0 heterocycles. The number of aromatic hydroxyl groups is 1. The Labute approximate surface area is 232 Å². The molecule has 3 rings (SSSR count). The normalized spacial score (nSPS) is 11.7. The van der Waals surface area contributed by atoms with Gasteiger partial charge in [-0.05, 0) is 78.4 Å². The maximum Gasteiger partial charge on any atom is 0.163 e. The molecule has 0 aliphatic heterocycles. The molecule has 1 N–H and O–H groups in total. The number of carbonyl (C=O) groups excluding carboxylic acids is 2. The third-order valence-corrected chi connectivity index (χ3v) is 6.49. The van der Waals surface area contributed by atoms with Crippen molar-refractivity contribution in [3.05, 3.63) is 101 Å². The number of phenolic OH excluding ortho intramolecular Hbond substituents is 1. The number of phenols is 1. The van der Waals surface area contributed by atoms with Gasteiger partial charge in [0.15, 0.2) is 11.6 Å². The summed E-state index contributed by atoms with van der Waals surface area (Å²) in [5.74, 6) is 0.268. The smallest absolute Gasteiger partial charge is 0.163 e. The molecule has 0 aliphatic rings. The molecular weight excluding hydrogens is 486 g/mol. The summed E-state index contributed by atoms with van der Waals surface area (Å²) >= 11 is 0. The van der Waals surface area contributed by atoms with Gasteiger partial charge >= 0.3 is 0 Å². The van der Waals surface area contributed by atoms with Gasteiger partial charge in [0.25, 0.3) is 0 Å². The molecule has 0 bridgehead atoms. The van der Waals surface area contributed by atoms with E-state index in [1.165, 1.54) is 17.7 Å². The van der Waals surface area contributed by atoms with Crippen LogP contribution in [0, 0.1) is 0 Å². The van der Waals surface area contributed by atoms with Crippen LogP contribution in [0.4, 0.5) is 5.69 Å². The average Bonchev–Trinajstić information content (AvgIpc) is 2.91. The maximum absolute atomic E-state index is 12.5. The van der Waals surface area contributed by atoms with E-state index in [0.717, 1.165) is 35.5 Å². The molecule has 5 nitrogen and oxygen atoms in total. The van der Waals surface area contributed by atoms with E-state index in [1.807, 2.05) is 18.2 Å². The first kappa shape index (κ1) is 29.4. The van der Waals surface area contributed by atoms with E-state index in [9.17, 15) is 14.7 Å². The van der Waals surface area contributed by atoms with Crippen molar-refractivity contribution in [1.82, 2.24) is 0 Å². The molecule has 3 aromatic rings. The molecule has 0 saturated heterocycles. The third kappa shape index (κ3) is 8.99. The van der Waals surface area contributed by atoms with E-state index < -0.39 is 0 Å². The van der Waals surface area contributed by atoms with Gasteiger partial charge in [0.1, 0.15) is 18.1 Å². The number of hydrogen-bond donors (Lipinski definition) is 1. The molecule has 0 saturated carbocycles. The number of ketones is 2. The molecule has 0 aromatic heterocycles. The number of allylic oxidation sites excluding steroid dienone is 2. The molecule has 0 spiro atoms. The lowest BCUT2D eigenvalue weighted by Gasteiger charge is -2.22. The molecular formula is C34H39NO4. The van der Waals surface area contributed by atoms with Gasteiger partial charge in [0.2, 0.25) is 0 Å². The predicted octanol–water partition coefficient (Wildman–Crippen LogP) is 7.37. The lowest BCUT2D eigenvalue weighted by atomic mass is 9.87. The van der Waals surface area contributed by atoms with Crippen LogP contribution in [0.25, 0.3) is 12.2 Å². The standard InChI is InChI=1S/C34H39NO4/c1-6-35(7-2)29-17-13-27(33(22-29)39-24-26-8-15-28(16-9-26)34(3,4)5)14-21-32(38)23-31(37)20-12-25-10-18-30(36)19-11-25/h8-22,36H,6-7,23-24H2,1-5H3. The SMILES string of the molecule is CCN(CC)c1ccc(C=CC(=O)CC(=O)C=Cc2ccc(O)cc2)c(OCc2ccc(C(C)(C)C)cc2)c1. The molecule has 204 valence electrons. The number of hydrogen-bond acceptors (Lipinski definition) is 5. The van der Waals surface area contributed by atoms with Crippen LogP contribution in [0.3, 0.4) is 0 Å². The largest absolute Gasteiger partial charge is 0.508 e. The number of nitrogens with zero attached hydrogens (tertiary/aromatic N) is 1. The maximum atomic E-state index is 12.5. The highest BCUT2D eigenvalue weighted by atomic mass is 16.5. The van der Waals surface area contributed by atoms with Crippen molar-refractivity contribution in [2.45, 2.75) is 53.1 Å². The zero-order chi connectivity index (χ0) is 28.4. The van der Waals surface area contributed by atoms with E-state index in [4.69, 9.17) is 4.74 Å². The van der Waals surface area contributed by atoms with Crippen LogP contribution in [0.2, 0.25) is 0 Å². The molecule has 0 amide bonds. The van der Waals surface area contributed by atoms with Gasteiger partial charge < -0.3 is 14.7 Å². The monoisotopic (exact) mass is 525 g/mol. The molecule has 3 aromatic carbocycles. The van der Waals surface area contributed by atoms with Gasteiger partial charge in [0.05, 0.1) is 6.42 Å². The topological polar surface area (TPSA) is 66.8 Å². The Kier molecular flexibility index (Phi) is 10.3. The van der Waals surface area contributed by atoms with Crippen LogP contribution in [-0.2, 0) is 21.6 Å². The van der Waals surface area contributed by atoms with Crippen molar-refractivity contribution in [2.24, 2.45) is 0 Å². The van der Waals surface area contributed by atoms with Crippen LogP contribution in [0.1, 0.15) is 63.3 Å². The molecule has 0 radical (unpaired) electrons. The van der Waals surface area contributed by atoms with Gasteiger partial charge in [-0.2, -0.15) is 0 Å². The van der Waals surface area contributed by atoms with Gasteiger partial charge in [-0.3, -0.25) is 9.59 Å². The lowest BCUT2D eigenvalue weighted by Crippen LogP contribution is -2.21. The lowest BCUT2D eigenvalue weighted by molar-refractivity contribution is -0.121. The van der Waals surface area contributed by atoms with Gasteiger partial charge in [-0.25, -0.2) is 0 Å². The zero-order valence-electron chi connectivity index (χ0n) is 23.6. The number of benzene rings is 3. The van der Waals surface area contributed by atoms with Crippen LogP contribution >= 0.6 is 0 Å².